The summed E-state index contributed by atoms with van der Waals surface area (Å²) in [5.74, 6) is 0.474. The highest BCUT2D eigenvalue weighted by atomic mass is 35.5. The lowest BCUT2D eigenvalue weighted by molar-refractivity contribution is 0.429. The van der Waals surface area contributed by atoms with Gasteiger partial charge < -0.3 is 13.9 Å². The van der Waals surface area contributed by atoms with Crippen LogP contribution in [0.25, 0.3) is 33.9 Å². The highest BCUT2D eigenvalue weighted by Gasteiger charge is 2.16. The van der Waals surface area contributed by atoms with E-state index in [1.165, 1.54) is 0 Å². The molecule has 0 unspecified atom stereocenters. The van der Waals surface area contributed by atoms with Gasteiger partial charge in [-0.2, -0.15) is 4.98 Å². The van der Waals surface area contributed by atoms with Crippen LogP contribution < -0.4 is 5.63 Å². The number of hydrogen-bond donors (Lipinski definition) is 1. The molecule has 3 aromatic heterocycles. The van der Waals surface area contributed by atoms with Crippen molar-refractivity contribution in [2.45, 2.75) is 6.92 Å². The summed E-state index contributed by atoms with van der Waals surface area (Å²) in [4.78, 5) is 19.5. The molecular formula is C16H10ClN3O3. The van der Waals surface area contributed by atoms with Gasteiger partial charge in [-0.3, -0.25) is 0 Å². The van der Waals surface area contributed by atoms with Crippen LogP contribution in [0.15, 0.2) is 50.1 Å². The molecule has 0 saturated heterocycles. The molecule has 0 saturated carbocycles. The van der Waals surface area contributed by atoms with Gasteiger partial charge in [-0.15, -0.1) is 0 Å². The minimum atomic E-state index is -0.544. The fourth-order valence-electron chi connectivity index (χ4n) is 2.32. The maximum Gasteiger partial charge on any atom is 0.349 e. The van der Waals surface area contributed by atoms with Crippen LogP contribution >= 0.6 is 11.6 Å². The fraction of sp³-hybridized carbons (Fsp3) is 0.0625. The maximum absolute atomic E-state index is 12.1. The zero-order valence-electron chi connectivity index (χ0n) is 12.0. The summed E-state index contributed by atoms with van der Waals surface area (Å²) >= 11 is 5.97. The van der Waals surface area contributed by atoms with Gasteiger partial charge >= 0.3 is 5.63 Å². The van der Waals surface area contributed by atoms with Crippen LogP contribution in [0, 0.1) is 6.92 Å². The predicted octanol–water partition coefficient (Wildman–Crippen LogP) is 3.80. The molecule has 0 spiro atoms. The summed E-state index contributed by atoms with van der Waals surface area (Å²) in [6.45, 7) is 1.92. The smallest absolute Gasteiger partial charge is 0.349 e. The Kier molecular flexibility index (Phi) is 3.06. The van der Waals surface area contributed by atoms with E-state index in [2.05, 4.69) is 15.1 Å². The van der Waals surface area contributed by atoms with Crippen molar-refractivity contribution in [3.05, 3.63) is 57.5 Å². The summed E-state index contributed by atoms with van der Waals surface area (Å²) in [6, 6.07) is 10.4. The van der Waals surface area contributed by atoms with Crippen molar-refractivity contribution >= 4 is 22.6 Å². The van der Waals surface area contributed by atoms with Gasteiger partial charge in [0.05, 0.1) is 5.69 Å². The molecule has 0 radical (unpaired) electrons. The van der Waals surface area contributed by atoms with Crippen LogP contribution in [0.4, 0.5) is 0 Å². The topological polar surface area (TPSA) is 84.9 Å². The molecule has 0 aliphatic carbocycles. The van der Waals surface area contributed by atoms with Crippen LogP contribution in [-0.4, -0.2) is 15.1 Å². The Morgan fingerprint density at radius 3 is 2.83 bits per heavy atom. The summed E-state index contributed by atoms with van der Waals surface area (Å²) in [6.07, 6.45) is 0. The molecule has 0 aliphatic heterocycles. The highest BCUT2D eigenvalue weighted by Crippen LogP contribution is 2.24. The largest absolute Gasteiger partial charge is 0.422 e. The standard InChI is InChI=1S/C16H10ClN3O3/c1-8-2-4-12(18-8)14-19-15(23-20-14)11-7-9-6-10(17)3-5-13(9)22-16(11)21/h2-7,18H,1H3. The number of aromatic amines is 1. The molecule has 114 valence electrons. The zero-order valence-corrected chi connectivity index (χ0v) is 12.7. The molecule has 6 nitrogen and oxygen atoms in total. The second-order valence-electron chi connectivity index (χ2n) is 5.11. The van der Waals surface area contributed by atoms with E-state index >= 15 is 0 Å². The van der Waals surface area contributed by atoms with Crippen molar-refractivity contribution in [2.75, 3.05) is 0 Å². The third-order valence-electron chi connectivity index (χ3n) is 3.42. The Labute approximate surface area is 134 Å². The van der Waals surface area contributed by atoms with E-state index < -0.39 is 5.63 Å². The number of aromatic nitrogens is 3. The number of benzene rings is 1. The van der Waals surface area contributed by atoms with Crippen LogP contribution in [0.5, 0.6) is 0 Å². The van der Waals surface area contributed by atoms with Gasteiger partial charge in [-0.25, -0.2) is 4.79 Å². The predicted molar refractivity (Wildman–Crippen MR) is 85.3 cm³/mol. The Morgan fingerprint density at radius 2 is 2.04 bits per heavy atom. The lowest BCUT2D eigenvalue weighted by Gasteiger charge is -1.98. The minimum Gasteiger partial charge on any atom is -0.422 e. The molecule has 4 aromatic rings. The van der Waals surface area contributed by atoms with E-state index in [4.69, 9.17) is 20.5 Å². The number of nitrogens with zero attached hydrogens (tertiary/aromatic N) is 2. The Balaban J connectivity index is 1.84. The van der Waals surface area contributed by atoms with Crippen LogP contribution in [0.2, 0.25) is 5.02 Å². The fourth-order valence-corrected chi connectivity index (χ4v) is 2.50. The molecule has 1 aromatic carbocycles. The van der Waals surface area contributed by atoms with Crippen LogP contribution in [0.3, 0.4) is 0 Å². The first-order valence-electron chi connectivity index (χ1n) is 6.83. The summed E-state index contributed by atoms with van der Waals surface area (Å²) < 4.78 is 10.5. The molecule has 7 heteroatoms. The number of halogens is 1. The molecule has 0 atom stereocenters. The van der Waals surface area contributed by atoms with E-state index in [-0.39, 0.29) is 11.5 Å². The van der Waals surface area contributed by atoms with Crippen molar-refractivity contribution in [3.63, 3.8) is 0 Å². The number of H-pyrrole nitrogens is 1. The second kappa shape index (κ2) is 5.10. The Morgan fingerprint density at radius 1 is 1.17 bits per heavy atom. The molecule has 4 rings (SSSR count). The monoisotopic (exact) mass is 327 g/mol. The second-order valence-corrected chi connectivity index (χ2v) is 5.54. The molecular weight excluding hydrogens is 318 g/mol. The first kappa shape index (κ1) is 13.8. The SMILES string of the molecule is Cc1ccc(-c2noc(-c3cc4cc(Cl)ccc4oc3=O)n2)[nH]1. The van der Waals surface area contributed by atoms with Crippen molar-refractivity contribution in [1.29, 1.82) is 0 Å². The third-order valence-corrected chi connectivity index (χ3v) is 3.66. The van der Waals surface area contributed by atoms with Crippen molar-refractivity contribution in [3.8, 4) is 23.0 Å². The molecule has 0 amide bonds. The lowest BCUT2D eigenvalue weighted by Crippen LogP contribution is -2.02. The number of hydrogen-bond acceptors (Lipinski definition) is 5. The number of fused-ring (bicyclic) bond motifs is 1. The quantitative estimate of drug-likeness (QED) is 0.566. The van der Waals surface area contributed by atoms with Gasteiger partial charge in [0.1, 0.15) is 11.1 Å². The summed E-state index contributed by atoms with van der Waals surface area (Å²) in [5, 5.41) is 5.12. The van der Waals surface area contributed by atoms with E-state index in [0.717, 1.165) is 5.69 Å². The minimum absolute atomic E-state index is 0.0999. The van der Waals surface area contributed by atoms with E-state index in [1.807, 2.05) is 19.1 Å². The van der Waals surface area contributed by atoms with Gasteiger partial charge in [-0.1, -0.05) is 16.8 Å². The molecule has 23 heavy (non-hydrogen) atoms. The van der Waals surface area contributed by atoms with E-state index in [0.29, 0.717) is 27.5 Å². The highest BCUT2D eigenvalue weighted by molar-refractivity contribution is 6.31. The maximum atomic E-state index is 12.1. The van der Waals surface area contributed by atoms with Crippen LogP contribution in [0.1, 0.15) is 5.69 Å². The van der Waals surface area contributed by atoms with Gasteiger partial charge in [0.2, 0.25) is 5.82 Å². The van der Waals surface area contributed by atoms with Crippen molar-refractivity contribution < 1.29 is 8.94 Å². The molecule has 0 aliphatic rings. The summed E-state index contributed by atoms with van der Waals surface area (Å²) in [7, 11) is 0. The van der Waals surface area contributed by atoms with Gasteiger partial charge in [0.15, 0.2) is 0 Å². The van der Waals surface area contributed by atoms with Gasteiger partial charge in [-0.05, 0) is 43.3 Å². The van der Waals surface area contributed by atoms with Gasteiger partial charge in [0.25, 0.3) is 5.89 Å². The van der Waals surface area contributed by atoms with E-state index in [9.17, 15) is 4.79 Å². The van der Waals surface area contributed by atoms with Crippen molar-refractivity contribution in [1.82, 2.24) is 15.1 Å². The molecule has 1 N–H and O–H groups in total. The Hall–Kier alpha value is -2.86. The number of rotatable bonds is 2. The molecule has 0 bridgehead atoms. The normalized spacial score (nSPS) is 11.2. The van der Waals surface area contributed by atoms with Gasteiger partial charge in [0, 0.05) is 16.1 Å². The molecule has 0 fully saturated rings. The average molecular weight is 328 g/mol. The third kappa shape index (κ3) is 2.43. The first-order valence-corrected chi connectivity index (χ1v) is 7.21. The van der Waals surface area contributed by atoms with E-state index in [1.54, 1.807) is 24.3 Å². The average Bonchev–Trinajstić information content (AvgIpc) is 3.16. The van der Waals surface area contributed by atoms with Crippen molar-refractivity contribution in [2.24, 2.45) is 0 Å². The zero-order chi connectivity index (χ0) is 16.0. The number of aryl methyl sites for hydroxylation is 1. The lowest BCUT2D eigenvalue weighted by atomic mass is 10.2. The van der Waals surface area contributed by atoms with Crippen LogP contribution in [-0.2, 0) is 0 Å². The summed E-state index contributed by atoms with van der Waals surface area (Å²) in [5.41, 5.74) is 1.79. The number of nitrogens with one attached hydrogen (secondary N) is 1. The molecule has 3 heterocycles. The first-order chi connectivity index (χ1) is 11.1. The Bertz CT molecular complexity index is 1080.